The van der Waals surface area contributed by atoms with E-state index in [4.69, 9.17) is 0 Å². The highest BCUT2D eigenvalue weighted by atomic mass is 32.1. The van der Waals surface area contributed by atoms with E-state index in [2.05, 4.69) is 13.8 Å². The van der Waals surface area contributed by atoms with E-state index in [1.54, 1.807) is 16.2 Å². The van der Waals surface area contributed by atoms with Gasteiger partial charge in [0.15, 0.2) is 6.04 Å². The molecule has 2 amide bonds. The smallest absolute Gasteiger partial charge is 0.331 e. The van der Waals surface area contributed by atoms with Crippen molar-refractivity contribution in [2.75, 3.05) is 19.6 Å². The second-order valence-corrected chi connectivity index (χ2v) is 7.60. The molecule has 1 fully saturated rings. The van der Waals surface area contributed by atoms with Crippen LogP contribution in [0.1, 0.15) is 36.8 Å². The van der Waals surface area contributed by atoms with Crippen LogP contribution >= 0.6 is 11.3 Å². The van der Waals surface area contributed by atoms with Crippen molar-refractivity contribution in [1.82, 2.24) is 9.80 Å². The number of carboxylic acids is 1. The number of rotatable bonds is 1. The predicted molar refractivity (Wildman–Crippen MR) is 80.5 cm³/mol. The van der Waals surface area contributed by atoms with Gasteiger partial charge in [-0.2, -0.15) is 0 Å². The number of hydrogen-bond acceptors (Lipinski definition) is 3. The summed E-state index contributed by atoms with van der Waals surface area (Å²) in [5.74, 6) is -0.943. The molecule has 0 radical (unpaired) electrons. The summed E-state index contributed by atoms with van der Waals surface area (Å²) in [6.45, 7) is 6.18. The number of nitrogens with zero attached hydrogens (tertiary/aromatic N) is 2. The van der Waals surface area contributed by atoms with Crippen LogP contribution in [0.4, 0.5) is 4.79 Å². The van der Waals surface area contributed by atoms with Gasteiger partial charge in [0.25, 0.3) is 0 Å². The summed E-state index contributed by atoms with van der Waals surface area (Å²) in [5, 5.41) is 11.5. The van der Waals surface area contributed by atoms with Gasteiger partial charge in [-0.1, -0.05) is 13.8 Å². The molecule has 1 aromatic rings. The minimum Gasteiger partial charge on any atom is -0.479 e. The Kier molecular flexibility index (Phi) is 3.43. The molecule has 1 aromatic heterocycles. The summed E-state index contributed by atoms with van der Waals surface area (Å²) in [4.78, 5) is 28.8. The van der Waals surface area contributed by atoms with E-state index in [9.17, 15) is 14.7 Å². The molecule has 5 nitrogen and oxygen atoms in total. The van der Waals surface area contributed by atoms with Gasteiger partial charge in [0.2, 0.25) is 0 Å². The first kappa shape index (κ1) is 14.4. The van der Waals surface area contributed by atoms with E-state index in [0.29, 0.717) is 19.6 Å². The molecule has 3 rings (SSSR count). The second-order valence-electron chi connectivity index (χ2n) is 6.60. The van der Waals surface area contributed by atoms with Crippen LogP contribution in [0.25, 0.3) is 0 Å². The van der Waals surface area contributed by atoms with Gasteiger partial charge >= 0.3 is 12.0 Å². The summed E-state index contributed by atoms with van der Waals surface area (Å²) < 4.78 is 0. The van der Waals surface area contributed by atoms with E-state index >= 15 is 0 Å². The topological polar surface area (TPSA) is 60.9 Å². The molecule has 114 valence electrons. The number of thiophene rings is 1. The molecule has 0 aromatic carbocycles. The fourth-order valence-corrected chi connectivity index (χ4v) is 4.15. The maximum Gasteiger partial charge on any atom is 0.331 e. The lowest BCUT2D eigenvalue weighted by Gasteiger charge is -2.36. The number of carboxylic acid groups (broad SMARTS) is 1. The van der Waals surface area contributed by atoms with Gasteiger partial charge in [0, 0.05) is 24.5 Å². The van der Waals surface area contributed by atoms with Gasteiger partial charge in [0.05, 0.1) is 0 Å². The highest BCUT2D eigenvalue weighted by Crippen LogP contribution is 2.36. The lowest BCUT2D eigenvalue weighted by Crippen LogP contribution is -2.49. The monoisotopic (exact) mass is 308 g/mol. The third-order valence-electron chi connectivity index (χ3n) is 4.39. The molecule has 0 aliphatic carbocycles. The zero-order valence-corrected chi connectivity index (χ0v) is 13.2. The lowest BCUT2D eigenvalue weighted by atomic mass is 9.93. The lowest BCUT2D eigenvalue weighted by molar-refractivity contribution is -0.143. The Bertz CT molecular complexity index is 581. The van der Waals surface area contributed by atoms with Crippen LogP contribution in [0.3, 0.4) is 0 Å². The van der Waals surface area contributed by atoms with Crippen LogP contribution in [0.5, 0.6) is 0 Å². The Hall–Kier alpha value is -1.56. The Morgan fingerprint density at radius 3 is 2.76 bits per heavy atom. The molecule has 0 spiro atoms. The Labute approximate surface area is 128 Å². The van der Waals surface area contributed by atoms with Crippen molar-refractivity contribution in [3.05, 3.63) is 21.9 Å². The number of aliphatic carboxylic acids is 1. The maximum absolute atomic E-state index is 12.7. The van der Waals surface area contributed by atoms with E-state index in [1.165, 1.54) is 4.90 Å². The summed E-state index contributed by atoms with van der Waals surface area (Å²) in [7, 11) is 0. The van der Waals surface area contributed by atoms with Gasteiger partial charge in [-0.15, -0.1) is 11.3 Å². The van der Waals surface area contributed by atoms with E-state index in [1.807, 2.05) is 11.4 Å². The highest BCUT2D eigenvalue weighted by Gasteiger charge is 2.41. The molecule has 1 unspecified atom stereocenters. The van der Waals surface area contributed by atoms with Gasteiger partial charge in [-0.3, -0.25) is 0 Å². The van der Waals surface area contributed by atoms with Crippen molar-refractivity contribution < 1.29 is 14.7 Å². The Morgan fingerprint density at radius 2 is 2.14 bits per heavy atom. The molecular weight excluding hydrogens is 288 g/mol. The average Bonchev–Trinajstić information content (AvgIpc) is 3.02. The Balaban J connectivity index is 1.85. The van der Waals surface area contributed by atoms with Crippen LogP contribution < -0.4 is 0 Å². The zero-order valence-electron chi connectivity index (χ0n) is 12.3. The first-order valence-electron chi connectivity index (χ1n) is 7.24. The molecule has 1 N–H and O–H groups in total. The molecule has 0 bridgehead atoms. The third-order valence-corrected chi connectivity index (χ3v) is 5.39. The molecule has 2 aliphatic heterocycles. The molecule has 1 saturated heterocycles. The fourth-order valence-electron chi connectivity index (χ4n) is 3.25. The van der Waals surface area contributed by atoms with Crippen LogP contribution in [0.15, 0.2) is 11.4 Å². The normalized spacial score (nSPS) is 24.0. The zero-order chi connectivity index (χ0) is 15.2. The first-order valence-corrected chi connectivity index (χ1v) is 8.12. The summed E-state index contributed by atoms with van der Waals surface area (Å²) in [5.41, 5.74) is 0.906. The van der Waals surface area contributed by atoms with Crippen LogP contribution in [0.2, 0.25) is 0 Å². The standard InChI is InChI=1S/C15H20N2O3S/c1-15(2)5-7-16(9-15)14(20)17-6-3-11-10(4-8-21-11)12(17)13(18)19/h4,8,12H,3,5-7,9H2,1-2H3,(H,18,19). The quantitative estimate of drug-likeness (QED) is 0.867. The molecule has 21 heavy (non-hydrogen) atoms. The number of likely N-dealkylation sites (tertiary alicyclic amines) is 1. The van der Waals surface area contributed by atoms with Crippen molar-refractivity contribution in [2.45, 2.75) is 32.7 Å². The number of carbonyl (C=O) groups is 2. The maximum atomic E-state index is 12.7. The van der Waals surface area contributed by atoms with Crippen molar-refractivity contribution in [3.8, 4) is 0 Å². The summed E-state index contributed by atoms with van der Waals surface area (Å²) in [6, 6.07) is 0.868. The van der Waals surface area contributed by atoms with Gasteiger partial charge < -0.3 is 14.9 Å². The van der Waals surface area contributed by atoms with E-state index in [-0.39, 0.29) is 11.4 Å². The molecule has 6 heteroatoms. The van der Waals surface area contributed by atoms with Gasteiger partial charge in [-0.05, 0) is 35.3 Å². The summed E-state index contributed by atoms with van der Waals surface area (Å²) >= 11 is 1.58. The largest absolute Gasteiger partial charge is 0.479 e. The molecule has 2 aliphatic rings. The van der Waals surface area contributed by atoms with Gasteiger partial charge in [0.1, 0.15) is 0 Å². The van der Waals surface area contributed by atoms with Crippen LogP contribution in [-0.4, -0.2) is 46.5 Å². The number of urea groups is 1. The summed E-state index contributed by atoms with van der Waals surface area (Å²) in [6.07, 6.45) is 1.72. The molecule has 1 atom stereocenters. The third kappa shape index (κ3) is 2.52. The van der Waals surface area contributed by atoms with Crippen molar-refractivity contribution in [1.29, 1.82) is 0 Å². The molecule has 0 saturated carbocycles. The number of fused-ring (bicyclic) bond motifs is 1. The first-order chi connectivity index (χ1) is 9.89. The van der Waals surface area contributed by atoms with E-state index in [0.717, 1.165) is 23.3 Å². The van der Waals surface area contributed by atoms with Crippen molar-refractivity contribution in [2.24, 2.45) is 5.41 Å². The molecular formula is C15H20N2O3S. The predicted octanol–water partition coefficient (Wildman–Crippen LogP) is 2.58. The number of carbonyl (C=O) groups excluding carboxylic acids is 1. The van der Waals surface area contributed by atoms with Crippen molar-refractivity contribution in [3.63, 3.8) is 0 Å². The SMILES string of the molecule is CC1(C)CCN(C(=O)N2CCc3sccc3C2C(=O)O)C1. The number of amides is 2. The second kappa shape index (κ2) is 5.02. The highest BCUT2D eigenvalue weighted by molar-refractivity contribution is 7.10. The van der Waals surface area contributed by atoms with E-state index < -0.39 is 12.0 Å². The van der Waals surface area contributed by atoms with Crippen LogP contribution in [0, 0.1) is 5.41 Å². The Morgan fingerprint density at radius 1 is 1.38 bits per heavy atom. The minimum atomic E-state index is -0.943. The average molecular weight is 308 g/mol. The van der Waals surface area contributed by atoms with Gasteiger partial charge in [-0.25, -0.2) is 9.59 Å². The minimum absolute atomic E-state index is 0.123. The fraction of sp³-hybridized carbons (Fsp3) is 0.600. The number of hydrogen-bond donors (Lipinski definition) is 1. The van der Waals surface area contributed by atoms with Crippen molar-refractivity contribution >= 4 is 23.3 Å². The van der Waals surface area contributed by atoms with Crippen LogP contribution in [-0.2, 0) is 11.2 Å². The molecule has 3 heterocycles.